The number of benzene rings is 1. The van der Waals surface area contributed by atoms with E-state index in [9.17, 15) is 0 Å². The highest BCUT2D eigenvalue weighted by Crippen LogP contribution is 2.32. The second kappa shape index (κ2) is 10.8. The minimum atomic E-state index is 0.288. The zero-order valence-corrected chi connectivity index (χ0v) is 16.3. The van der Waals surface area contributed by atoms with Crippen molar-refractivity contribution < 1.29 is 5.11 Å². The van der Waals surface area contributed by atoms with Crippen molar-refractivity contribution in [2.24, 2.45) is 11.7 Å². The summed E-state index contributed by atoms with van der Waals surface area (Å²) < 4.78 is 0. The molecular formula is C23H37NO. The monoisotopic (exact) mass is 343 g/mol. The third-order valence-electron chi connectivity index (χ3n) is 5.65. The maximum Gasteiger partial charge on any atom is 0.0431 e. The Bertz CT molecular complexity index is 545. The first-order chi connectivity index (χ1) is 12.1. The normalized spacial score (nSPS) is 17.8. The van der Waals surface area contributed by atoms with Crippen LogP contribution in [0.2, 0.25) is 0 Å². The summed E-state index contributed by atoms with van der Waals surface area (Å²) in [5.74, 6) is 1.30. The summed E-state index contributed by atoms with van der Waals surface area (Å²) in [5.41, 5.74) is 12.0. The van der Waals surface area contributed by atoms with Crippen LogP contribution in [0.25, 0.3) is 0 Å². The zero-order valence-electron chi connectivity index (χ0n) is 16.3. The number of hydrogen-bond donors (Lipinski definition) is 2. The maximum absolute atomic E-state index is 8.98. The molecule has 3 N–H and O–H groups in total. The number of aryl methyl sites for hydroxylation is 1. The van der Waals surface area contributed by atoms with Crippen LogP contribution in [0.1, 0.15) is 81.4 Å². The lowest BCUT2D eigenvalue weighted by atomic mass is 9.79. The van der Waals surface area contributed by atoms with Crippen LogP contribution in [0.3, 0.4) is 0 Å². The van der Waals surface area contributed by atoms with Crippen molar-refractivity contribution in [2.75, 3.05) is 13.2 Å². The van der Waals surface area contributed by atoms with Gasteiger partial charge in [0.1, 0.15) is 0 Å². The van der Waals surface area contributed by atoms with Crippen LogP contribution in [0.4, 0.5) is 0 Å². The van der Waals surface area contributed by atoms with E-state index in [1.807, 2.05) is 0 Å². The van der Waals surface area contributed by atoms with Crippen molar-refractivity contribution in [3.63, 3.8) is 0 Å². The Morgan fingerprint density at radius 1 is 1.24 bits per heavy atom. The van der Waals surface area contributed by atoms with Crippen LogP contribution >= 0.6 is 0 Å². The average molecular weight is 344 g/mol. The van der Waals surface area contributed by atoms with Gasteiger partial charge in [0.2, 0.25) is 0 Å². The number of aliphatic hydroxyl groups excluding tert-OH is 1. The van der Waals surface area contributed by atoms with Gasteiger partial charge in [-0.3, -0.25) is 0 Å². The summed E-state index contributed by atoms with van der Waals surface area (Å²) >= 11 is 0. The van der Waals surface area contributed by atoms with Crippen molar-refractivity contribution in [3.8, 4) is 0 Å². The highest BCUT2D eigenvalue weighted by Gasteiger charge is 2.20. The van der Waals surface area contributed by atoms with E-state index >= 15 is 0 Å². The number of hydrogen-bond acceptors (Lipinski definition) is 2. The van der Waals surface area contributed by atoms with Gasteiger partial charge in [0.15, 0.2) is 0 Å². The highest BCUT2D eigenvalue weighted by atomic mass is 16.2. The second-order valence-corrected chi connectivity index (χ2v) is 8.00. The number of fused-ring (bicyclic) bond motifs is 1. The number of aliphatic hydroxyl groups is 1. The molecule has 0 saturated carbocycles. The van der Waals surface area contributed by atoms with Crippen molar-refractivity contribution in [1.82, 2.24) is 0 Å². The Morgan fingerprint density at radius 3 is 2.80 bits per heavy atom. The molecule has 2 heteroatoms. The summed E-state index contributed by atoms with van der Waals surface area (Å²) in [6.45, 7) is 5.37. The van der Waals surface area contributed by atoms with Gasteiger partial charge in [-0.1, -0.05) is 36.3 Å². The third-order valence-corrected chi connectivity index (χ3v) is 5.65. The maximum atomic E-state index is 8.98. The summed E-state index contributed by atoms with van der Waals surface area (Å²) in [6, 6.07) is 7.09. The fraction of sp³-hybridized carbons (Fsp3) is 0.652. The van der Waals surface area contributed by atoms with Crippen LogP contribution in [0.5, 0.6) is 0 Å². The molecule has 1 aliphatic carbocycles. The van der Waals surface area contributed by atoms with E-state index < -0.39 is 0 Å². The van der Waals surface area contributed by atoms with Crippen LogP contribution in [-0.4, -0.2) is 18.3 Å². The highest BCUT2D eigenvalue weighted by molar-refractivity contribution is 5.36. The quantitative estimate of drug-likeness (QED) is 0.457. The molecule has 2 nitrogen and oxygen atoms in total. The number of nitrogens with two attached hydrogens (primary N) is 1. The van der Waals surface area contributed by atoms with E-state index in [0.29, 0.717) is 12.5 Å². The van der Waals surface area contributed by atoms with Crippen molar-refractivity contribution in [2.45, 2.75) is 77.6 Å². The first-order valence-corrected chi connectivity index (χ1v) is 10.2. The number of allylic oxidation sites excluding steroid dienone is 2. The van der Waals surface area contributed by atoms with E-state index in [1.54, 1.807) is 11.1 Å². The Labute approximate surface area is 154 Å². The minimum absolute atomic E-state index is 0.288. The molecule has 0 amide bonds. The van der Waals surface area contributed by atoms with Crippen molar-refractivity contribution >= 4 is 0 Å². The first kappa shape index (κ1) is 20.2. The van der Waals surface area contributed by atoms with Gasteiger partial charge in [-0.2, -0.15) is 0 Å². The van der Waals surface area contributed by atoms with Gasteiger partial charge >= 0.3 is 0 Å². The molecule has 25 heavy (non-hydrogen) atoms. The Morgan fingerprint density at radius 2 is 2.08 bits per heavy atom. The smallest absolute Gasteiger partial charge is 0.0431 e. The molecule has 0 heterocycles. The van der Waals surface area contributed by atoms with E-state index in [4.69, 9.17) is 10.8 Å². The Kier molecular flexibility index (Phi) is 8.71. The SMILES string of the molecule is CC(C)=CCCC[C@@H]1CCc2cc([C@H](CN)CCCCO)ccc2C1. The van der Waals surface area contributed by atoms with Gasteiger partial charge in [-0.25, -0.2) is 0 Å². The molecule has 1 aliphatic rings. The summed E-state index contributed by atoms with van der Waals surface area (Å²) in [5, 5.41) is 8.98. The lowest BCUT2D eigenvalue weighted by Crippen LogP contribution is -2.17. The molecule has 0 aliphatic heterocycles. The predicted molar refractivity (Wildman–Crippen MR) is 108 cm³/mol. The second-order valence-electron chi connectivity index (χ2n) is 8.00. The van der Waals surface area contributed by atoms with Crippen molar-refractivity contribution in [1.29, 1.82) is 0 Å². The standard InChI is InChI=1S/C23H37NO/c1-18(2)7-3-4-8-19-10-11-21-16-22(13-12-20(21)15-19)23(17-24)9-5-6-14-25/h7,12-13,16,19,23,25H,3-6,8-11,14-15,17,24H2,1-2H3/t19-,23+/m1/s1. The lowest BCUT2D eigenvalue weighted by molar-refractivity contribution is 0.281. The molecule has 0 fully saturated rings. The van der Waals surface area contributed by atoms with Crippen LogP contribution in [0, 0.1) is 5.92 Å². The van der Waals surface area contributed by atoms with Gasteiger partial charge in [0.25, 0.3) is 0 Å². The first-order valence-electron chi connectivity index (χ1n) is 10.2. The lowest BCUT2D eigenvalue weighted by Gasteiger charge is -2.26. The van der Waals surface area contributed by atoms with Gasteiger partial charge in [-0.05, 0) is 100 Å². The molecule has 140 valence electrons. The molecule has 0 spiro atoms. The van der Waals surface area contributed by atoms with E-state index in [1.165, 1.54) is 49.7 Å². The van der Waals surface area contributed by atoms with E-state index in [-0.39, 0.29) is 6.61 Å². The molecule has 0 unspecified atom stereocenters. The van der Waals surface area contributed by atoms with E-state index in [2.05, 4.69) is 38.1 Å². The summed E-state index contributed by atoms with van der Waals surface area (Å²) in [4.78, 5) is 0. The fourth-order valence-electron chi connectivity index (χ4n) is 4.07. The number of unbranched alkanes of at least 4 members (excludes halogenated alkanes) is 2. The Hall–Kier alpha value is -1.12. The Balaban J connectivity index is 1.90. The fourth-order valence-corrected chi connectivity index (χ4v) is 4.07. The van der Waals surface area contributed by atoms with Gasteiger partial charge in [0.05, 0.1) is 0 Å². The topological polar surface area (TPSA) is 46.2 Å². The number of rotatable bonds is 10. The minimum Gasteiger partial charge on any atom is -0.396 e. The predicted octanol–water partition coefficient (Wildman–Crippen LogP) is 5.13. The van der Waals surface area contributed by atoms with E-state index in [0.717, 1.165) is 25.2 Å². The van der Waals surface area contributed by atoms with Gasteiger partial charge in [0, 0.05) is 6.61 Å². The molecule has 2 atom stereocenters. The molecule has 0 radical (unpaired) electrons. The van der Waals surface area contributed by atoms with Crippen LogP contribution in [0.15, 0.2) is 29.8 Å². The largest absolute Gasteiger partial charge is 0.396 e. The summed E-state index contributed by atoms with van der Waals surface area (Å²) in [6.07, 6.45) is 13.1. The van der Waals surface area contributed by atoms with Crippen LogP contribution in [-0.2, 0) is 12.8 Å². The third kappa shape index (κ3) is 6.60. The van der Waals surface area contributed by atoms with Crippen LogP contribution < -0.4 is 5.73 Å². The molecule has 2 rings (SSSR count). The molecule has 0 aromatic heterocycles. The molecule has 1 aromatic carbocycles. The molecule has 0 bridgehead atoms. The summed E-state index contributed by atoms with van der Waals surface area (Å²) in [7, 11) is 0. The van der Waals surface area contributed by atoms with Gasteiger partial charge in [-0.15, -0.1) is 0 Å². The molecule has 1 aromatic rings. The zero-order chi connectivity index (χ0) is 18.1. The van der Waals surface area contributed by atoms with Gasteiger partial charge < -0.3 is 10.8 Å². The average Bonchev–Trinajstić information content (AvgIpc) is 2.62. The molecule has 0 saturated heterocycles. The molecular weight excluding hydrogens is 306 g/mol. The van der Waals surface area contributed by atoms with Crippen molar-refractivity contribution in [3.05, 3.63) is 46.5 Å².